The van der Waals surface area contributed by atoms with E-state index in [9.17, 15) is 9.59 Å². The van der Waals surface area contributed by atoms with Gasteiger partial charge in [0.15, 0.2) is 5.58 Å². The number of rotatable bonds is 3. The monoisotopic (exact) mass is 307 g/mol. The van der Waals surface area contributed by atoms with E-state index in [0.29, 0.717) is 22.6 Å². The minimum Gasteiger partial charge on any atom is -0.437 e. The normalized spacial score (nSPS) is 10.8. The van der Waals surface area contributed by atoms with Gasteiger partial charge in [-0.15, -0.1) is 0 Å². The lowest BCUT2D eigenvalue weighted by molar-refractivity contribution is -0.117. The topological polar surface area (TPSA) is 84.2 Å². The van der Waals surface area contributed by atoms with Crippen LogP contribution in [-0.4, -0.2) is 16.8 Å². The standard InChI is InChI=1S/C17H13N3O3/c21-15(19-20-17(22)12-6-2-1-3-7-12)10-11-16-18-13-8-4-5-9-14(13)23-16/h1-11H,(H,19,21)(H,20,22). The minimum absolute atomic E-state index is 0.315. The summed E-state index contributed by atoms with van der Waals surface area (Å²) in [5, 5.41) is 0. The highest BCUT2D eigenvalue weighted by Crippen LogP contribution is 2.15. The smallest absolute Gasteiger partial charge is 0.269 e. The first-order chi connectivity index (χ1) is 11.2. The Morgan fingerprint density at radius 1 is 0.957 bits per heavy atom. The van der Waals surface area contributed by atoms with E-state index < -0.39 is 11.8 Å². The van der Waals surface area contributed by atoms with E-state index in [1.807, 2.05) is 18.2 Å². The number of hydrogen-bond acceptors (Lipinski definition) is 4. The van der Waals surface area contributed by atoms with Gasteiger partial charge in [0, 0.05) is 17.7 Å². The van der Waals surface area contributed by atoms with E-state index in [1.165, 1.54) is 12.2 Å². The molecule has 0 saturated carbocycles. The van der Waals surface area contributed by atoms with Gasteiger partial charge in [0.1, 0.15) is 5.52 Å². The number of nitrogens with zero attached hydrogens (tertiary/aromatic N) is 1. The summed E-state index contributed by atoms with van der Waals surface area (Å²) in [5.41, 5.74) is 6.42. The second kappa shape index (κ2) is 6.57. The molecule has 0 bridgehead atoms. The highest BCUT2D eigenvalue weighted by atomic mass is 16.3. The van der Waals surface area contributed by atoms with Gasteiger partial charge in [-0.25, -0.2) is 4.98 Å². The van der Waals surface area contributed by atoms with Gasteiger partial charge < -0.3 is 4.42 Å². The lowest BCUT2D eigenvalue weighted by Gasteiger charge is -2.04. The number of nitrogens with one attached hydrogen (secondary N) is 2. The van der Waals surface area contributed by atoms with Crippen LogP contribution in [0.5, 0.6) is 0 Å². The van der Waals surface area contributed by atoms with Crippen LogP contribution in [0, 0.1) is 0 Å². The van der Waals surface area contributed by atoms with Gasteiger partial charge in [0.25, 0.3) is 11.8 Å². The second-order valence-electron chi connectivity index (χ2n) is 4.66. The molecule has 0 spiro atoms. The first-order valence-electron chi connectivity index (χ1n) is 6.91. The van der Waals surface area contributed by atoms with E-state index in [1.54, 1.807) is 36.4 Å². The fourth-order valence-electron chi connectivity index (χ4n) is 1.93. The van der Waals surface area contributed by atoms with Crippen LogP contribution in [0.25, 0.3) is 17.2 Å². The van der Waals surface area contributed by atoms with Gasteiger partial charge >= 0.3 is 0 Å². The molecule has 0 saturated heterocycles. The van der Waals surface area contributed by atoms with Crippen LogP contribution in [0.15, 0.2) is 65.1 Å². The molecule has 1 heterocycles. The summed E-state index contributed by atoms with van der Waals surface area (Å²) < 4.78 is 5.45. The number of hydrazine groups is 1. The first kappa shape index (κ1) is 14.5. The largest absolute Gasteiger partial charge is 0.437 e. The fraction of sp³-hybridized carbons (Fsp3) is 0. The van der Waals surface area contributed by atoms with Crippen LogP contribution in [0.2, 0.25) is 0 Å². The number of benzene rings is 2. The Morgan fingerprint density at radius 3 is 2.48 bits per heavy atom. The van der Waals surface area contributed by atoms with E-state index in [2.05, 4.69) is 15.8 Å². The molecule has 2 amide bonds. The molecule has 6 nitrogen and oxygen atoms in total. The predicted octanol–water partition coefficient (Wildman–Crippen LogP) is 2.30. The zero-order chi connectivity index (χ0) is 16.1. The van der Waals surface area contributed by atoms with Crippen molar-refractivity contribution in [3.8, 4) is 0 Å². The molecule has 0 fully saturated rings. The maximum atomic E-state index is 11.8. The molecule has 0 aliphatic rings. The molecule has 0 aliphatic carbocycles. The summed E-state index contributed by atoms with van der Waals surface area (Å²) in [4.78, 5) is 27.7. The molecule has 0 unspecified atom stereocenters. The Balaban J connectivity index is 1.57. The molecule has 114 valence electrons. The van der Waals surface area contributed by atoms with E-state index in [-0.39, 0.29) is 0 Å². The number of oxazole rings is 1. The molecule has 0 atom stereocenters. The van der Waals surface area contributed by atoms with Crippen molar-refractivity contribution < 1.29 is 14.0 Å². The van der Waals surface area contributed by atoms with Gasteiger partial charge in [0.2, 0.25) is 5.89 Å². The third-order valence-electron chi connectivity index (χ3n) is 3.02. The van der Waals surface area contributed by atoms with E-state index >= 15 is 0 Å². The van der Waals surface area contributed by atoms with Crippen molar-refractivity contribution in [3.05, 3.63) is 72.1 Å². The summed E-state index contributed by atoms with van der Waals surface area (Å²) in [6, 6.07) is 15.9. The number of hydrogen-bond donors (Lipinski definition) is 2. The van der Waals surface area contributed by atoms with Gasteiger partial charge in [-0.05, 0) is 24.3 Å². The van der Waals surface area contributed by atoms with E-state index in [4.69, 9.17) is 4.42 Å². The van der Waals surface area contributed by atoms with Gasteiger partial charge in [-0.2, -0.15) is 0 Å². The quantitative estimate of drug-likeness (QED) is 0.574. The Labute approximate surface area is 131 Å². The van der Waals surface area contributed by atoms with Crippen molar-refractivity contribution in [1.29, 1.82) is 0 Å². The van der Waals surface area contributed by atoms with Crippen molar-refractivity contribution >= 4 is 29.0 Å². The zero-order valence-electron chi connectivity index (χ0n) is 12.0. The lowest BCUT2D eigenvalue weighted by Crippen LogP contribution is -2.40. The molecule has 6 heteroatoms. The average molecular weight is 307 g/mol. The molecular weight excluding hydrogens is 294 g/mol. The number of carbonyl (C=O) groups excluding carboxylic acids is 2. The van der Waals surface area contributed by atoms with Crippen LogP contribution in [0.3, 0.4) is 0 Å². The third kappa shape index (κ3) is 3.62. The Morgan fingerprint density at radius 2 is 1.70 bits per heavy atom. The third-order valence-corrected chi connectivity index (χ3v) is 3.02. The van der Waals surface area contributed by atoms with Crippen LogP contribution in [-0.2, 0) is 4.79 Å². The van der Waals surface area contributed by atoms with Crippen molar-refractivity contribution in [1.82, 2.24) is 15.8 Å². The van der Waals surface area contributed by atoms with Gasteiger partial charge in [0.05, 0.1) is 0 Å². The fourth-order valence-corrected chi connectivity index (χ4v) is 1.93. The van der Waals surface area contributed by atoms with Gasteiger partial charge in [-0.1, -0.05) is 30.3 Å². The molecule has 3 aromatic rings. The van der Waals surface area contributed by atoms with Crippen LogP contribution in [0.1, 0.15) is 16.2 Å². The maximum Gasteiger partial charge on any atom is 0.269 e. The summed E-state index contributed by atoms with van der Waals surface area (Å²) in [6.45, 7) is 0. The predicted molar refractivity (Wildman–Crippen MR) is 85.1 cm³/mol. The highest BCUT2D eigenvalue weighted by molar-refractivity contribution is 5.97. The van der Waals surface area contributed by atoms with Crippen molar-refractivity contribution in [3.63, 3.8) is 0 Å². The van der Waals surface area contributed by atoms with Crippen molar-refractivity contribution in [2.75, 3.05) is 0 Å². The van der Waals surface area contributed by atoms with Crippen molar-refractivity contribution in [2.24, 2.45) is 0 Å². The Hall–Kier alpha value is -3.41. The molecule has 0 radical (unpaired) electrons. The minimum atomic E-state index is -0.489. The number of amides is 2. The zero-order valence-corrected chi connectivity index (χ0v) is 12.0. The molecule has 1 aromatic heterocycles. The Kier molecular flexibility index (Phi) is 4.15. The number of fused-ring (bicyclic) bond motifs is 1. The molecule has 0 aliphatic heterocycles. The summed E-state index contributed by atoms with van der Waals surface area (Å²) in [7, 11) is 0. The second-order valence-corrected chi connectivity index (χ2v) is 4.66. The highest BCUT2D eigenvalue weighted by Gasteiger charge is 2.05. The molecule has 2 N–H and O–H groups in total. The average Bonchev–Trinajstić information content (AvgIpc) is 3.01. The first-order valence-corrected chi connectivity index (χ1v) is 6.91. The lowest BCUT2D eigenvalue weighted by atomic mass is 10.2. The molecule has 23 heavy (non-hydrogen) atoms. The molecule has 3 rings (SSSR count). The number of aromatic nitrogens is 1. The summed E-state index contributed by atoms with van der Waals surface area (Å²) in [5.74, 6) is -0.568. The summed E-state index contributed by atoms with van der Waals surface area (Å²) >= 11 is 0. The number of carbonyl (C=O) groups is 2. The van der Waals surface area contributed by atoms with Crippen LogP contribution < -0.4 is 10.9 Å². The SMILES string of the molecule is O=C(C=Cc1nc2ccccc2o1)NNC(=O)c1ccccc1. The van der Waals surface area contributed by atoms with Crippen LogP contribution >= 0.6 is 0 Å². The summed E-state index contributed by atoms with van der Waals surface area (Å²) in [6.07, 6.45) is 2.67. The molecular formula is C17H13N3O3. The number of para-hydroxylation sites is 2. The van der Waals surface area contributed by atoms with E-state index in [0.717, 1.165) is 0 Å². The Bertz CT molecular complexity index is 836. The maximum absolute atomic E-state index is 11.8. The van der Waals surface area contributed by atoms with Gasteiger partial charge in [-0.3, -0.25) is 20.4 Å². The van der Waals surface area contributed by atoms with Crippen LogP contribution in [0.4, 0.5) is 0 Å². The van der Waals surface area contributed by atoms with Crippen molar-refractivity contribution in [2.45, 2.75) is 0 Å². The molecule has 2 aromatic carbocycles.